The first kappa shape index (κ1) is 10.1. The average Bonchev–Trinajstić information content (AvgIpc) is 2.65. The van der Waals surface area contributed by atoms with Crippen molar-refractivity contribution in [3.63, 3.8) is 0 Å². The maximum absolute atomic E-state index is 10.6. The first-order valence-electron chi connectivity index (χ1n) is 4.02. The van der Waals surface area contributed by atoms with E-state index in [2.05, 4.69) is 4.98 Å². The first-order valence-corrected chi connectivity index (χ1v) is 5.28. The second-order valence-corrected chi connectivity index (χ2v) is 4.03. The number of halogens is 1. The predicted molar refractivity (Wildman–Crippen MR) is 59.2 cm³/mol. The van der Waals surface area contributed by atoms with Gasteiger partial charge in [-0.2, -0.15) is 0 Å². The molecule has 0 amide bonds. The zero-order chi connectivity index (χ0) is 10.8. The highest BCUT2D eigenvalue weighted by Gasteiger charge is 2.09. The lowest BCUT2D eigenvalue weighted by Crippen LogP contribution is -1.87. The minimum atomic E-state index is -0.432. The zero-order valence-corrected chi connectivity index (χ0v) is 8.96. The van der Waals surface area contributed by atoms with Gasteiger partial charge in [-0.15, -0.1) is 11.3 Å². The molecule has 1 aromatic carbocycles. The van der Waals surface area contributed by atoms with E-state index in [1.165, 1.54) is 23.5 Å². The first-order chi connectivity index (χ1) is 7.16. The van der Waals surface area contributed by atoms with E-state index in [-0.39, 0.29) is 5.69 Å². The molecule has 0 atom stereocenters. The van der Waals surface area contributed by atoms with Gasteiger partial charge in [-0.1, -0.05) is 23.7 Å². The summed E-state index contributed by atoms with van der Waals surface area (Å²) < 4.78 is 0. The van der Waals surface area contributed by atoms with Gasteiger partial charge < -0.3 is 0 Å². The van der Waals surface area contributed by atoms with Gasteiger partial charge >= 0.3 is 0 Å². The van der Waals surface area contributed by atoms with Crippen molar-refractivity contribution in [2.24, 2.45) is 0 Å². The standard InChI is InChI=1S/C9H5ClN2O2S/c10-8-5-15-9(11-8)6-2-1-3-7(4-6)12(13)14/h1-5H. The molecule has 0 saturated heterocycles. The summed E-state index contributed by atoms with van der Waals surface area (Å²) in [5.74, 6) is 0. The number of benzene rings is 1. The summed E-state index contributed by atoms with van der Waals surface area (Å²) in [6.07, 6.45) is 0. The minimum absolute atomic E-state index is 0.0545. The fraction of sp³-hybridized carbons (Fsp3) is 0. The van der Waals surface area contributed by atoms with Crippen LogP contribution in [0.3, 0.4) is 0 Å². The van der Waals surface area contributed by atoms with Crippen molar-refractivity contribution in [3.8, 4) is 10.6 Å². The number of thiazole rings is 1. The van der Waals surface area contributed by atoms with Gasteiger partial charge in [0.25, 0.3) is 5.69 Å². The molecular formula is C9H5ClN2O2S. The highest BCUT2D eigenvalue weighted by Crippen LogP contribution is 2.28. The van der Waals surface area contributed by atoms with Crippen molar-refractivity contribution >= 4 is 28.6 Å². The van der Waals surface area contributed by atoms with Gasteiger partial charge in [0, 0.05) is 23.1 Å². The van der Waals surface area contributed by atoms with Crippen LogP contribution in [0.25, 0.3) is 10.6 Å². The predicted octanol–water partition coefficient (Wildman–Crippen LogP) is 3.37. The molecule has 0 saturated carbocycles. The Morgan fingerprint density at radius 2 is 2.27 bits per heavy atom. The fourth-order valence-electron chi connectivity index (χ4n) is 1.14. The Bertz CT molecular complexity index is 512. The third-order valence-electron chi connectivity index (χ3n) is 1.78. The number of non-ortho nitro benzene ring substituents is 1. The lowest BCUT2D eigenvalue weighted by molar-refractivity contribution is -0.384. The summed E-state index contributed by atoms with van der Waals surface area (Å²) in [7, 11) is 0. The van der Waals surface area contributed by atoms with Gasteiger partial charge in [-0.25, -0.2) is 4.98 Å². The second-order valence-electron chi connectivity index (χ2n) is 2.78. The average molecular weight is 241 g/mol. The van der Waals surface area contributed by atoms with Crippen molar-refractivity contribution in [3.05, 3.63) is 44.9 Å². The van der Waals surface area contributed by atoms with Crippen LogP contribution in [0.1, 0.15) is 0 Å². The van der Waals surface area contributed by atoms with E-state index in [4.69, 9.17) is 11.6 Å². The smallest absolute Gasteiger partial charge is 0.258 e. The minimum Gasteiger partial charge on any atom is -0.258 e. The summed E-state index contributed by atoms with van der Waals surface area (Å²) in [6, 6.07) is 6.32. The molecule has 0 aliphatic heterocycles. The van der Waals surface area contributed by atoms with E-state index < -0.39 is 4.92 Å². The van der Waals surface area contributed by atoms with Gasteiger partial charge in [0.2, 0.25) is 0 Å². The van der Waals surface area contributed by atoms with Crippen molar-refractivity contribution in [2.75, 3.05) is 0 Å². The van der Waals surface area contributed by atoms with Gasteiger partial charge in [-0.3, -0.25) is 10.1 Å². The van der Waals surface area contributed by atoms with E-state index in [1.54, 1.807) is 17.5 Å². The van der Waals surface area contributed by atoms with E-state index in [9.17, 15) is 10.1 Å². The van der Waals surface area contributed by atoms with Crippen LogP contribution in [-0.4, -0.2) is 9.91 Å². The Balaban J connectivity index is 2.45. The maximum atomic E-state index is 10.6. The molecule has 2 rings (SSSR count). The molecule has 4 nitrogen and oxygen atoms in total. The number of nitro groups is 1. The summed E-state index contributed by atoms with van der Waals surface area (Å²) in [6.45, 7) is 0. The molecule has 2 aromatic rings. The van der Waals surface area contributed by atoms with E-state index >= 15 is 0 Å². The van der Waals surface area contributed by atoms with Crippen LogP contribution in [-0.2, 0) is 0 Å². The second kappa shape index (κ2) is 3.96. The molecule has 0 spiro atoms. The van der Waals surface area contributed by atoms with Crippen molar-refractivity contribution in [1.82, 2.24) is 4.98 Å². The molecule has 0 aliphatic carbocycles. The molecule has 76 valence electrons. The van der Waals surface area contributed by atoms with Gasteiger partial charge in [0.15, 0.2) is 0 Å². The molecule has 0 fully saturated rings. The van der Waals surface area contributed by atoms with Gasteiger partial charge in [0.1, 0.15) is 10.2 Å². The normalized spacial score (nSPS) is 10.2. The van der Waals surface area contributed by atoms with Crippen molar-refractivity contribution in [1.29, 1.82) is 0 Å². The number of hydrogen-bond acceptors (Lipinski definition) is 4. The zero-order valence-electron chi connectivity index (χ0n) is 7.38. The Morgan fingerprint density at radius 3 is 2.87 bits per heavy atom. The number of nitro benzene ring substituents is 1. The largest absolute Gasteiger partial charge is 0.270 e. The highest BCUT2D eigenvalue weighted by molar-refractivity contribution is 7.13. The molecule has 0 radical (unpaired) electrons. The van der Waals surface area contributed by atoms with Crippen LogP contribution in [0.4, 0.5) is 5.69 Å². The molecule has 1 heterocycles. The van der Waals surface area contributed by atoms with Crippen molar-refractivity contribution in [2.45, 2.75) is 0 Å². The fourth-order valence-corrected chi connectivity index (χ4v) is 2.08. The Morgan fingerprint density at radius 1 is 1.47 bits per heavy atom. The lowest BCUT2D eigenvalue weighted by Gasteiger charge is -1.95. The molecule has 1 aromatic heterocycles. The van der Waals surface area contributed by atoms with E-state index in [1.807, 2.05) is 0 Å². The SMILES string of the molecule is O=[N+]([O-])c1cccc(-c2nc(Cl)cs2)c1. The third-order valence-corrected chi connectivity index (χ3v) is 2.99. The van der Waals surface area contributed by atoms with Crippen LogP contribution in [0.2, 0.25) is 5.15 Å². The molecular weight excluding hydrogens is 236 g/mol. The third kappa shape index (κ3) is 2.14. The van der Waals surface area contributed by atoms with E-state index in [0.717, 1.165) is 0 Å². The number of hydrogen-bond donors (Lipinski definition) is 0. The summed E-state index contributed by atoms with van der Waals surface area (Å²) in [4.78, 5) is 14.2. The van der Waals surface area contributed by atoms with E-state index in [0.29, 0.717) is 15.7 Å². The van der Waals surface area contributed by atoms with Crippen LogP contribution in [0.15, 0.2) is 29.6 Å². The summed E-state index contributed by atoms with van der Waals surface area (Å²) in [5, 5.41) is 13.3. The quantitative estimate of drug-likeness (QED) is 0.597. The van der Waals surface area contributed by atoms with Crippen LogP contribution in [0.5, 0.6) is 0 Å². The lowest BCUT2D eigenvalue weighted by atomic mass is 10.2. The summed E-state index contributed by atoms with van der Waals surface area (Å²) >= 11 is 7.04. The summed E-state index contributed by atoms with van der Waals surface area (Å²) in [5.41, 5.74) is 0.764. The Hall–Kier alpha value is -1.46. The molecule has 15 heavy (non-hydrogen) atoms. The molecule has 0 aliphatic rings. The number of aromatic nitrogens is 1. The number of nitrogens with zero attached hydrogens (tertiary/aromatic N) is 2. The van der Waals surface area contributed by atoms with Crippen LogP contribution >= 0.6 is 22.9 Å². The molecule has 0 unspecified atom stereocenters. The molecule has 0 N–H and O–H groups in total. The number of rotatable bonds is 2. The Labute approximate surface area is 94.3 Å². The van der Waals surface area contributed by atoms with Gasteiger partial charge in [-0.05, 0) is 0 Å². The molecule has 6 heteroatoms. The van der Waals surface area contributed by atoms with Gasteiger partial charge in [0.05, 0.1) is 4.92 Å². The Kier molecular flexibility index (Phi) is 2.66. The monoisotopic (exact) mass is 240 g/mol. The topological polar surface area (TPSA) is 56.0 Å². The van der Waals surface area contributed by atoms with Crippen LogP contribution in [0, 0.1) is 10.1 Å². The van der Waals surface area contributed by atoms with Crippen molar-refractivity contribution < 1.29 is 4.92 Å². The highest BCUT2D eigenvalue weighted by atomic mass is 35.5. The maximum Gasteiger partial charge on any atom is 0.270 e. The van der Waals surface area contributed by atoms with Crippen LogP contribution < -0.4 is 0 Å². The molecule has 0 bridgehead atoms.